The van der Waals surface area contributed by atoms with Crippen molar-refractivity contribution in [1.29, 1.82) is 0 Å². The standard InChI is InChI=1S/C32H49N7O7/c1-7-10-21(26(41)30(44)38-46-18-19(2)3)36-29(43)24-15-20-11-8-9-12-23(20)39(24)31(45)27(32(4,5)6)37-25(40)17-35-28(42)22-16-33-13-14-34-22/h13-14,16,19-21,23-24,27H,7-12,15,17-18H2,1-6H3,(H,35,42)(H,36,43)(H,37,40)(H,38,44)/t20-,21-,23-,24-,27+/m0/s1. The van der Waals surface area contributed by atoms with Crippen LogP contribution in [-0.4, -0.2) is 87.5 Å². The van der Waals surface area contributed by atoms with E-state index in [1.807, 2.05) is 41.5 Å². The van der Waals surface area contributed by atoms with Gasteiger partial charge in [-0.25, -0.2) is 10.5 Å². The predicted octanol–water partition coefficient (Wildman–Crippen LogP) is 1.45. The van der Waals surface area contributed by atoms with Gasteiger partial charge in [0, 0.05) is 18.4 Å². The topological polar surface area (TPSA) is 189 Å². The number of carbonyl (C=O) groups is 6. The van der Waals surface area contributed by atoms with Gasteiger partial charge < -0.3 is 20.9 Å². The van der Waals surface area contributed by atoms with E-state index in [0.717, 1.165) is 19.3 Å². The molecule has 46 heavy (non-hydrogen) atoms. The zero-order chi connectivity index (χ0) is 34.0. The maximum atomic E-state index is 14.4. The minimum atomic E-state index is -1.09. The highest BCUT2D eigenvalue weighted by Gasteiger charge is 2.51. The summed E-state index contributed by atoms with van der Waals surface area (Å²) >= 11 is 0. The van der Waals surface area contributed by atoms with Crippen LogP contribution in [0, 0.1) is 17.3 Å². The lowest BCUT2D eigenvalue weighted by Gasteiger charge is -2.39. The number of nitrogens with one attached hydrogen (secondary N) is 4. The lowest BCUT2D eigenvalue weighted by atomic mass is 9.83. The quantitative estimate of drug-likeness (QED) is 0.172. The SMILES string of the molecule is CCC[C@H](NC(=O)[C@@H]1C[C@@H]2CCCC[C@@H]2N1C(=O)[C@@H](NC(=O)CNC(=O)c1cnccn1)C(C)(C)C)C(=O)C(=O)NOCC(C)C. The van der Waals surface area contributed by atoms with Crippen LogP contribution in [0.3, 0.4) is 0 Å². The van der Waals surface area contributed by atoms with E-state index in [9.17, 15) is 28.8 Å². The van der Waals surface area contributed by atoms with Crippen molar-refractivity contribution in [2.45, 2.75) is 111 Å². The monoisotopic (exact) mass is 643 g/mol. The van der Waals surface area contributed by atoms with Gasteiger partial charge in [0.05, 0.1) is 25.4 Å². The van der Waals surface area contributed by atoms with Crippen molar-refractivity contribution in [3.05, 3.63) is 24.3 Å². The number of rotatable bonds is 14. The summed E-state index contributed by atoms with van der Waals surface area (Å²) in [5.74, 6) is -3.63. The molecule has 1 aromatic rings. The molecule has 14 heteroatoms. The molecule has 2 heterocycles. The van der Waals surface area contributed by atoms with Gasteiger partial charge in [0.1, 0.15) is 17.8 Å². The van der Waals surface area contributed by atoms with Crippen molar-refractivity contribution < 1.29 is 33.6 Å². The van der Waals surface area contributed by atoms with E-state index in [-0.39, 0.29) is 36.6 Å². The van der Waals surface area contributed by atoms with E-state index in [4.69, 9.17) is 4.84 Å². The molecule has 1 aliphatic heterocycles. The molecule has 0 radical (unpaired) electrons. The van der Waals surface area contributed by atoms with Crippen LogP contribution in [0.1, 0.15) is 97.0 Å². The summed E-state index contributed by atoms with van der Waals surface area (Å²) in [5.41, 5.74) is 1.47. The Morgan fingerprint density at radius 3 is 2.39 bits per heavy atom. The number of fused-ring (bicyclic) bond motifs is 1. The molecule has 2 aliphatic rings. The van der Waals surface area contributed by atoms with Gasteiger partial charge in [0.25, 0.3) is 5.91 Å². The van der Waals surface area contributed by atoms with Gasteiger partial charge in [-0.1, -0.05) is 60.8 Å². The Hall–Kier alpha value is -3.94. The molecule has 4 N–H and O–H groups in total. The van der Waals surface area contributed by atoms with Crippen LogP contribution in [-0.2, 0) is 28.8 Å². The molecule has 2 fully saturated rings. The van der Waals surface area contributed by atoms with Crippen LogP contribution in [0.4, 0.5) is 0 Å². The van der Waals surface area contributed by atoms with Crippen molar-refractivity contribution in [3.8, 4) is 0 Å². The minimum absolute atomic E-state index is 0.0495. The molecule has 1 aliphatic carbocycles. The minimum Gasteiger partial charge on any atom is -0.344 e. The van der Waals surface area contributed by atoms with Crippen molar-refractivity contribution in [2.24, 2.45) is 17.3 Å². The lowest BCUT2D eigenvalue weighted by Crippen LogP contribution is -2.61. The van der Waals surface area contributed by atoms with Gasteiger partial charge in [-0.15, -0.1) is 0 Å². The Morgan fingerprint density at radius 2 is 1.76 bits per heavy atom. The molecular formula is C32H49N7O7. The van der Waals surface area contributed by atoms with Crippen molar-refractivity contribution in [2.75, 3.05) is 13.2 Å². The van der Waals surface area contributed by atoms with E-state index >= 15 is 0 Å². The van der Waals surface area contributed by atoms with Crippen LogP contribution < -0.4 is 21.4 Å². The first-order valence-electron chi connectivity index (χ1n) is 16.2. The van der Waals surface area contributed by atoms with Gasteiger partial charge in [-0.05, 0) is 42.9 Å². The second kappa shape index (κ2) is 16.6. The molecule has 1 aromatic heterocycles. The van der Waals surface area contributed by atoms with Crippen LogP contribution in [0.15, 0.2) is 18.6 Å². The number of ketones is 1. The van der Waals surface area contributed by atoms with Gasteiger partial charge in [0.2, 0.25) is 23.5 Å². The normalized spacial score (nSPS) is 20.7. The van der Waals surface area contributed by atoms with Crippen LogP contribution >= 0.6 is 0 Å². The molecule has 0 unspecified atom stereocenters. The smallest absolute Gasteiger partial charge is 0.313 e. The molecule has 254 valence electrons. The second-order valence-corrected chi connectivity index (χ2v) is 13.6. The van der Waals surface area contributed by atoms with Gasteiger partial charge in [-0.3, -0.25) is 38.6 Å². The molecule has 0 aromatic carbocycles. The molecule has 1 saturated carbocycles. The fourth-order valence-electron chi connectivity index (χ4n) is 6.00. The first kappa shape index (κ1) is 36.5. The largest absolute Gasteiger partial charge is 0.344 e. The van der Waals surface area contributed by atoms with Crippen molar-refractivity contribution in [3.63, 3.8) is 0 Å². The van der Waals surface area contributed by atoms with Crippen molar-refractivity contribution in [1.82, 2.24) is 36.3 Å². The summed E-state index contributed by atoms with van der Waals surface area (Å²) in [6.07, 6.45) is 8.69. The number of carbonyl (C=O) groups excluding carboxylic acids is 6. The molecule has 14 nitrogen and oxygen atoms in total. The highest BCUT2D eigenvalue weighted by molar-refractivity contribution is 6.38. The average molecular weight is 644 g/mol. The maximum Gasteiger partial charge on any atom is 0.313 e. The fraction of sp³-hybridized carbons (Fsp3) is 0.688. The number of hydrogen-bond acceptors (Lipinski definition) is 9. The van der Waals surface area contributed by atoms with Gasteiger partial charge in [-0.2, -0.15) is 0 Å². The van der Waals surface area contributed by atoms with Gasteiger partial charge in [0.15, 0.2) is 0 Å². The maximum absolute atomic E-state index is 14.4. The summed E-state index contributed by atoms with van der Waals surface area (Å²) in [7, 11) is 0. The Kier molecular flexibility index (Phi) is 13.2. The van der Waals surface area contributed by atoms with E-state index in [0.29, 0.717) is 19.3 Å². The highest BCUT2D eigenvalue weighted by atomic mass is 16.7. The number of likely N-dealkylation sites (tertiary alicyclic amines) is 1. The third-order valence-electron chi connectivity index (χ3n) is 8.28. The van der Waals surface area contributed by atoms with E-state index in [1.165, 1.54) is 18.6 Å². The van der Waals surface area contributed by atoms with Crippen molar-refractivity contribution >= 4 is 35.3 Å². The Balaban J connectivity index is 1.77. The zero-order valence-electron chi connectivity index (χ0n) is 27.8. The van der Waals surface area contributed by atoms with E-state index < -0.39 is 65.4 Å². The first-order chi connectivity index (χ1) is 21.7. The highest BCUT2D eigenvalue weighted by Crippen LogP contribution is 2.41. The van der Waals surface area contributed by atoms with E-state index in [1.54, 1.807) is 4.90 Å². The van der Waals surface area contributed by atoms with Crippen LogP contribution in [0.5, 0.6) is 0 Å². The van der Waals surface area contributed by atoms with E-state index in [2.05, 4.69) is 31.4 Å². The molecular weight excluding hydrogens is 594 g/mol. The molecule has 0 bridgehead atoms. The Morgan fingerprint density at radius 1 is 1.04 bits per heavy atom. The second-order valence-electron chi connectivity index (χ2n) is 13.6. The third kappa shape index (κ3) is 9.78. The summed E-state index contributed by atoms with van der Waals surface area (Å²) in [6.45, 7) is 10.9. The van der Waals surface area contributed by atoms with Gasteiger partial charge >= 0.3 is 5.91 Å². The molecule has 3 rings (SSSR count). The van der Waals surface area contributed by atoms with Crippen LogP contribution in [0.2, 0.25) is 0 Å². The Bertz CT molecular complexity index is 1250. The number of nitrogens with zero attached hydrogens (tertiary/aromatic N) is 3. The van der Waals surface area contributed by atoms with Crippen LogP contribution in [0.25, 0.3) is 0 Å². The number of Topliss-reactive ketones (excluding diaryl/α,β-unsaturated/α-hetero) is 1. The number of hydroxylamine groups is 1. The average Bonchev–Trinajstić information content (AvgIpc) is 3.41. The summed E-state index contributed by atoms with van der Waals surface area (Å²) in [5, 5.41) is 8.03. The summed E-state index contributed by atoms with van der Waals surface area (Å²) in [4.78, 5) is 93.6. The summed E-state index contributed by atoms with van der Waals surface area (Å²) < 4.78 is 0. The molecule has 5 amide bonds. The lowest BCUT2D eigenvalue weighted by molar-refractivity contribution is -0.149. The first-order valence-corrected chi connectivity index (χ1v) is 16.2. The fourth-order valence-corrected chi connectivity index (χ4v) is 6.00. The zero-order valence-corrected chi connectivity index (χ0v) is 27.8. The Labute approximate surface area is 270 Å². The predicted molar refractivity (Wildman–Crippen MR) is 168 cm³/mol. The number of aromatic nitrogens is 2. The number of hydrogen-bond donors (Lipinski definition) is 4. The number of amides is 5. The molecule has 0 spiro atoms. The molecule has 1 saturated heterocycles. The molecule has 5 atom stereocenters. The summed E-state index contributed by atoms with van der Waals surface area (Å²) in [6, 6.07) is -3.19. The third-order valence-corrected chi connectivity index (χ3v) is 8.28.